The first-order valence-electron chi connectivity index (χ1n) is 9.01. The van der Waals surface area contributed by atoms with Crippen LogP contribution < -0.4 is 10.2 Å². The smallest absolute Gasteiger partial charge is 0.251 e. The quantitative estimate of drug-likeness (QED) is 0.853. The maximum Gasteiger partial charge on any atom is 0.251 e. The molecule has 0 atom stereocenters. The summed E-state index contributed by atoms with van der Waals surface area (Å²) in [4.78, 5) is 39.6. The van der Waals surface area contributed by atoms with Crippen molar-refractivity contribution in [2.24, 2.45) is 0 Å². The van der Waals surface area contributed by atoms with E-state index >= 15 is 0 Å². The van der Waals surface area contributed by atoms with E-state index < -0.39 is 0 Å². The van der Waals surface area contributed by atoms with E-state index in [1.54, 1.807) is 41.1 Å². The van der Waals surface area contributed by atoms with Crippen LogP contribution in [0.3, 0.4) is 0 Å². The van der Waals surface area contributed by atoms with E-state index in [0.717, 1.165) is 17.7 Å². The van der Waals surface area contributed by atoms with Crippen molar-refractivity contribution in [3.05, 3.63) is 65.7 Å². The van der Waals surface area contributed by atoms with Crippen molar-refractivity contribution in [1.29, 1.82) is 0 Å². The topological polar surface area (TPSA) is 69.7 Å². The molecule has 1 aliphatic rings. The fraction of sp³-hybridized carbons (Fsp3) is 0.286. The molecule has 2 aromatic carbocycles. The Labute approximate surface area is 158 Å². The molecule has 3 amide bonds. The Morgan fingerprint density at radius 1 is 1.07 bits per heavy atom. The first-order valence-corrected chi connectivity index (χ1v) is 9.01. The molecule has 6 heteroatoms. The summed E-state index contributed by atoms with van der Waals surface area (Å²) in [7, 11) is 1.71. The number of nitrogens with one attached hydrogen (secondary N) is 1. The lowest BCUT2D eigenvalue weighted by Gasteiger charge is -2.18. The van der Waals surface area contributed by atoms with Crippen molar-refractivity contribution in [3.8, 4) is 0 Å². The van der Waals surface area contributed by atoms with E-state index in [9.17, 15) is 14.4 Å². The van der Waals surface area contributed by atoms with Crippen molar-refractivity contribution in [2.75, 3.05) is 25.0 Å². The molecule has 1 saturated heterocycles. The molecule has 0 unspecified atom stereocenters. The lowest BCUT2D eigenvalue weighted by Crippen LogP contribution is -2.37. The number of likely N-dealkylation sites (N-methyl/N-ethyl adjacent to an activating group) is 1. The molecule has 1 N–H and O–H groups in total. The second kappa shape index (κ2) is 8.49. The van der Waals surface area contributed by atoms with Gasteiger partial charge in [0.25, 0.3) is 5.91 Å². The Hall–Kier alpha value is -3.15. The summed E-state index contributed by atoms with van der Waals surface area (Å²) in [6.07, 6.45) is 1.43. The molecule has 0 bridgehead atoms. The molecule has 1 fully saturated rings. The van der Waals surface area contributed by atoms with Gasteiger partial charge < -0.3 is 15.1 Å². The van der Waals surface area contributed by atoms with E-state index in [4.69, 9.17) is 0 Å². The minimum absolute atomic E-state index is 0.0610. The average Bonchev–Trinajstić information content (AvgIpc) is 3.12. The Morgan fingerprint density at radius 3 is 2.41 bits per heavy atom. The monoisotopic (exact) mass is 365 g/mol. The molecular formula is C21H23N3O3. The fourth-order valence-corrected chi connectivity index (χ4v) is 3.05. The lowest BCUT2D eigenvalue weighted by molar-refractivity contribution is -0.129. The number of hydrogen-bond donors (Lipinski definition) is 1. The van der Waals surface area contributed by atoms with Crippen LogP contribution >= 0.6 is 0 Å². The zero-order chi connectivity index (χ0) is 19.2. The number of benzene rings is 2. The third kappa shape index (κ3) is 4.73. The maximum atomic E-state index is 12.3. The normalized spacial score (nSPS) is 13.5. The molecule has 3 rings (SSSR count). The van der Waals surface area contributed by atoms with E-state index in [1.807, 2.05) is 30.3 Å². The van der Waals surface area contributed by atoms with Gasteiger partial charge in [-0.3, -0.25) is 14.4 Å². The summed E-state index contributed by atoms with van der Waals surface area (Å²) in [6, 6.07) is 16.6. The van der Waals surface area contributed by atoms with Crippen molar-refractivity contribution >= 4 is 23.4 Å². The number of nitrogens with zero attached hydrogens (tertiary/aromatic N) is 2. The van der Waals surface area contributed by atoms with Crippen LogP contribution in [-0.2, 0) is 16.1 Å². The number of carbonyl (C=O) groups is 3. The third-order valence-electron chi connectivity index (χ3n) is 4.60. The first-order chi connectivity index (χ1) is 13.0. The minimum Gasteiger partial charge on any atom is -0.343 e. The largest absolute Gasteiger partial charge is 0.343 e. The second-order valence-corrected chi connectivity index (χ2v) is 6.61. The van der Waals surface area contributed by atoms with E-state index in [1.165, 1.54) is 0 Å². The molecular weight excluding hydrogens is 342 g/mol. The zero-order valence-corrected chi connectivity index (χ0v) is 15.4. The van der Waals surface area contributed by atoms with Crippen molar-refractivity contribution in [2.45, 2.75) is 19.4 Å². The van der Waals surface area contributed by atoms with E-state index in [0.29, 0.717) is 25.1 Å². The van der Waals surface area contributed by atoms with Crippen molar-refractivity contribution in [3.63, 3.8) is 0 Å². The zero-order valence-electron chi connectivity index (χ0n) is 15.4. The number of amides is 3. The highest BCUT2D eigenvalue weighted by Crippen LogP contribution is 2.21. The van der Waals surface area contributed by atoms with Crippen LogP contribution in [0.25, 0.3) is 0 Å². The van der Waals surface area contributed by atoms with Crippen LogP contribution in [0.5, 0.6) is 0 Å². The summed E-state index contributed by atoms with van der Waals surface area (Å²) in [6.45, 7) is 1.15. The highest BCUT2D eigenvalue weighted by atomic mass is 16.2. The van der Waals surface area contributed by atoms with Crippen LogP contribution in [-0.4, -0.2) is 42.8 Å². The summed E-state index contributed by atoms with van der Waals surface area (Å²) >= 11 is 0. The molecule has 27 heavy (non-hydrogen) atoms. The molecule has 1 aliphatic heterocycles. The van der Waals surface area contributed by atoms with Gasteiger partial charge in [0.1, 0.15) is 0 Å². The van der Waals surface area contributed by atoms with Crippen LogP contribution in [0.15, 0.2) is 54.6 Å². The predicted molar refractivity (Wildman–Crippen MR) is 103 cm³/mol. The van der Waals surface area contributed by atoms with Gasteiger partial charge in [0.2, 0.25) is 11.8 Å². The molecule has 0 spiro atoms. The average molecular weight is 365 g/mol. The number of carbonyl (C=O) groups excluding carboxylic acids is 3. The van der Waals surface area contributed by atoms with Crippen LogP contribution in [0.4, 0.5) is 5.69 Å². The number of hydrogen-bond acceptors (Lipinski definition) is 3. The molecule has 0 aliphatic carbocycles. The Bertz CT molecular complexity index is 818. The first kappa shape index (κ1) is 18.6. The van der Waals surface area contributed by atoms with Crippen molar-refractivity contribution in [1.82, 2.24) is 10.2 Å². The SMILES string of the molecule is CN(Cc1ccccc1)C(=O)CNC(=O)c1ccc(N2CCCC2=O)cc1. The maximum absolute atomic E-state index is 12.3. The Morgan fingerprint density at radius 2 is 1.78 bits per heavy atom. The van der Waals surface area contributed by atoms with Gasteiger partial charge in [-0.2, -0.15) is 0 Å². The van der Waals surface area contributed by atoms with Gasteiger partial charge in [0, 0.05) is 37.8 Å². The fourth-order valence-electron chi connectivity index (χ4n) is 3.05. The highest BCUT2D eigenvalue weighted by molar-refractivity contribution is 5.98. The Balaban J connectivity index is 1.51. The molecule has 0 saturated carbocycles. The van der Waals surface area contributed by atoms with Gasteiger partial charge in [0.05, 0.1) is 6.54 Å². The highest BCUT2D eigenvalue weighted by Gasteiger charge is 2.21. The van der Waals surface area contributed by atoms with E-state index in [-0.39, 0.29) is 24.3 Å². The third-order valence-corrected chi connectivity index (χ3v) is 4.60. The molecule has 140 valence electrons. The van der Waals surface area contributed by atoms with E-state index in [2.05, 4.69) is 5.32 Å². The molecule has 0 radical (unpaired) electrons. The lowest BCUT2D eigenvalue weighted by atomic mass is 10.2. The van der Waals surface area contributed by atoms with Crippen LogP contribution in [0.2, 0.25) is 0 Å². The van der Waals surface area contributed by atoms with Crippen LogP contribution in [0, 0.1) is 0 Å². The summed E-state index contributed by atoms with van der Waals surface area (Å²) < 4.78 is 0. The van der Waals surface area contributed by atoms with Gasteiger partial charge in [-0.25, -0.2) is 0 Å². The number of rotatable bonds is 6. The second-order valence-electron chi connectivity index (χ2n) is 6.61. The van der Waals surface area contributed by atoms with Crippen LogP contribution in [0.1, 0.15) is 28.8 Å². The molecule has 0 aromatic heterocycles. The summed E-state index contributed by atoms with van der Waals surface area (Å²) in [5, 5.41) is 2.65. The molecule has 1 heterocycles. The van der Waals surface area contributed by atoms with Crippen molar-refractivity contribution < 1.29 is 14.4 Å². The van der Waals surface area contributed by atoms with Gasteiger partial charge >= 0.3 is 0 Å². The standard InChI is InChI=1S/C21H23N3O3/c1-23(15-16-6-3-2-4-7-16)20(26)14-22-21(27)17-9-11-18(12-10-17)24-13-5-8-19(24)25/h2-4,6-7,9-12H,5,8,13-15H2,1H3,(H,22,27). The molecule has 2 aromatic rings. The summed E-state index contributed by atoms with van der Waals surface area (Å²) in [5.41, 5.74) is 2.29. The minimum atomic E-state index is -0.309. The van der Waals surface area contributed by atoms with Gasteiger partial charge in [-0.1, -0.05) is 30.3 Å². The molecule has 6 nitrogen and oxygen atoms in total. The van der Waals surface area contributed by atoms with Gasteiger partial charge in [-0.15, -0.1) is 0 Å². The Kier molecular flexibility index (Phi) is 5.86. The summed E-state index contributed by atoms with van der Waals surface area (Å²) in [5.74, 6) is -0.360. The van der Waals surface area contributed by atoms with Gasteiger partial charge in [-0.05, 0) is 36.2 Å². The van der Waals surface area contributed by atoms with Gasteiger partial charge in [0.15, 0.2) is 0 Å². The predicted octanol–water partition coefficient (Wildman–Crippen LogP) is 2.20. The number of anilines is 1.